The standard InChI is InChI=1S/C18H12BrClFNO2/c1-10-8-12(19)3-5-15(10)22-18(23)17-7-6-16(24-17)11-2-4-14(21)13(20)9-11/h2-9H,1H3,(H,22,23). The minimum absolute atomic E-state index is 0.000360. The number of hydrogen-bond donors (Lipinski definition) is 1. The summed E-state index contributed by atoms with van der Waals surface area (Å²) in [6.07, 6.45) is 0. The van der Waals surface area contributed by atoms with Crippen LogP contribution >= 0.6 is 27.5 Å². The molecule has 0 fully saturated rings. The van der Waals surface area contributed by atoms with Crippen LogP contribution in [0.4, 0.5) is 10.1 Å². The second kappa shape index (κ2) is 6.79. The number of benzene rings is 2. The number of furan rings is 1. The summed E-state index contributed by atoms with van der Waals surface area (Å²) < 4.78 is 19.7. The largest absolute Gasteiger partial charge is 0.451 e. The van der Waals surface area contributed by atoms with Gasteiger partial charge >= 0.3 is 0 Å². The first-order chi connectivity index (χ1) is 11.4. The number of carbonyl (C=O) groups excluding carboxylic acids is 1. The highest BCUT2D eigenvalue weighted by Crippen LogP contribution is 2.27. The Morgan fingerprint density at radius 3 is 2.67 bits per heavy atom. The van der Waals surface area contributed by atoms with Crippen molar-refractivity contribution in [1.82, 2.24) is 0 Å². The third-order valence-corrected chi connectivity index (χ3v) is 4.25. The van der Waals surface area contributed by atoms with Gasteiger partial charge in [0, 0.05) is 15.7 Å². The fraction of sp³-hybridized carbons (Fsp3) is 0.0556. The van der Waals surface area contributed by atoms with E-state index >= 15 is 0 Å². The molecule has 0 unspecified atom stereocenters. The molecule has 0 spiro atoms. The summed E-state index contributed by atoms with van der Waals surface area (Å²) in [4.78, 5) is 12.3. The highest BCUT2D eigenvalue weighted by molar-refractivity contribution is 9.10. The first kappa shape index (κ1) is 16.7. The molecular weight excluding hydrogens is 397 g/mol. The minimum atomic E-state index is -0.504. The highest BCUT2D eigenvalue weighted by atomic mass is 79.9. The van der Waals surface area contributed by atoms with Crippen molar-refractivity contribution in [3.63, 3.8) is 0 Å². The molecule has 6 heteroatoms. The Bertz CT molecular complexity index is 923. The number of halogens is 3. The zero-order valence-electron chi connectivity index (χ0n) is 12.6. The molecule has 3 nitrogen and oxygen atoms in total. The topological polar surface area (TPSA) is 42.2 Å². The molecule has 0 saturated heterocycles. The van der Waals surface area contributed by atoms with Gasteiger partial charge in [-0.15, -0.1) is 0 Å². The molecule has 0 atom stereocenters. The molecule has 0 bridgehead atoms. The number of nitrogens with one attached hydrogen (secondary N) is 1. The van der Waals surface area contributed by atoms with Crippen molar-refractivity contribution < 1.29 is 13.6 Å². The molecule has 3 rings (SSSR count). The van der Waals surface area contributed by atoms with Gasteiger partial charge in [0.25, 0.3) is 5.91 Å². The Kier molecular flexibility index (Phi) is 4.73. The van der Waals surface area contributed by atoms with Crippen LogP contribution in [-0.4, -0.2) is 5.91 Å². The number of hydrogen-bond acceptors (Lipinski definition) is 2. The first-order valence-corrected chi connectivity index (χ1v) is 8.24. The molecule has 2 aromatic carbocycles. The summed E-state index contributed by atoms with van der Waals surface area (Å²) in [6, 6.07) is 13.0. The van der Waals surface area contributed by atoms with E-state index in [1.165, 1.54) is 12.1 Å². The summed E-state index contributed by atoms with van der Waals surface area (Å²) in [5.41, 5.74) is 2.22. The zero-order chi connectivity index (χ0) is 17.3. The van der Waals surface area contributed by atoms with Gasteiger partial charge in [-0.1, -0.05) is 27.5 Å². The van der Waals surface area contributed by atoms with Gasteiger partial charge in [0.05, 0.1) is 5.02 Å². The Morgan fingerprint density at radius 2 is 1.96 bits per heavy atom. The number of aryl methyl sites for hydroxylation is 1. The average molecular weight is 409 g/mol. The van der Waals surface area contributed by atoms with E-state index in [1.807, 2.05) is 19.1 Å². The van der Waals surface area contributed by atoms with E-state index in [1.54, 1.807) is 24.3 Å². The molecule has 122 valence electrons. The van der Waals surface area contributed by atoms with Gasteiger partial charge < -0.3 is 9.73 Å². The van der Waals surface area contributed by atoms with Gasteiger partial charge in [-0.2, -0.15) is 0 Å². The Hall–Kier alpha value is -2.11. The van der Waals surface area contributed by atoms with Crippen LogP contribution in [0.25, 0.3) is 11.3 Å². The van der Waals surface area contributed by atoms with Gasteiger partial charge in [-0.25, -0.2) is 4.39 Å². The minimum Gasteiger partial charge on any atom is -0.451 e. The smallest absolute Gasteiger partial charge is 0.291 e. The molecule has 1 amide bonds. The maximum absolute atomic E-state index is 13.2. The molecule has 24 heavy (non-hydrogen) atoms. The van der Waals surface area contributed by atoms with Crippen molar-refractivity contribution in [1.29, 1.82) is 0 Å². The first-order valence-electron chi connectivity index (χ1n) is 7.07. The van der Waals surface area contributed by atoms with Crippen molar-refractivity contribution >= 4 is 39.1 Å². The maximum Gasteiger partial charge on any atom is 0.291 e. The van der Waals surface area contributed by atoms with Crippen molar-refractivity contribution in [3.05, 3.63) is 75.2 Å². The quantitative estimate of drug-likeness (QED) is 0.572. The van der Waals surface area contributed by atoms with Gasteiger partial charge in [0.1, 0.15) is 11.6 Å². The molecule has 1 N–H and O–H groups in total. The van der Waals surface area contributed by atoms with E-state index in [-0.39, 0.29) is 16.7 Å². The summed E-state index contributed by atoms with van der Waals surface area (Å²) in [5, 5.41) is 2.80. The van der Waals surface area contributed by atoms with Crippen LogP contribution in [0.3, 0.4) is 0 Å². The van der Waals surface area contributed by atoms with E-state index in [4.69, 9.17) is 16.0 Å². The number of amides is 1. The Morgan fingerprint density at radius 1 is 1.17 bits per heavy atom. The molecule has 0 saturated carbocycles. The molecule has 1 aromatic heterocycles. The van der Waals surface area contributed by atoms with Crippen LogP contribution in [0.15, 0.2) is 57.4 Å². The van der Waals surface area contributed by atoms with E-state index in [2.05, 4.69) is 21.2 Å². The van der Waals surface area contributed by atoms with Crippen molar-refractivity contribution in [2.75, 3.05) is 5.32 Å². The van der Waals surface area contributed by atoms with Crippen LogP contribution < -0.4 is 5.32 Å². The predicted octanol–water partition coefficient (Wildman–Crippen LogP) is 6.06. The van der Waals surface area contributed by atoms with E-state index < -0.39 is 5.82 Å². The lowest BCUT2D eigenvalue weighted by Crippen LogP contribution is -2.11. The normalized spacial score (nSPS) is 10.7. The van der Waals surface area contributed by atoms with Crippen LogP contribution in [0.2, 0.25) is 5.02 Å². The third kappa shape index (κ3) is 3.52. The second-order valence-corrected chi connectivity index (χ2v) is 6.53. The van der Waals surface area contributed by atoms with Crippen LogP contribution in [0, 0.1) is 12.7 Å². The molecule has 0 radical (unpaired) electrons. The lowest BCUT2D eigenvalue weighted by molar-refractivity contribution is 0.0997. The monoisotopic (exact) mass is 407 g/mol. The van der Waals surface area contributed by atoms with E-state index in [9.17, 15) is 9.18 Å². The molecule has 1 heterocycles. The molecule has 3 aromatic rings. The fourth-order valence-electron chi connectivity index (χ4n) is 2.22. The van der Waals surface area contributed by atoms with Crippen LogP contribution in [0.5, 0.6) is 0 Å². The summed E-state index contributed by atoms with van der Waals surface area (Å²) >= 11 is 9.15. The number of rotatable bonds is 3. The van der Waals surface area contributed by atoms with E-state index in [0.717, 1.165) is 10.0 Å². The zero-order valence-corrected chi connectivity index (χ0v) is 14.9. The number of anilines is 1. The SMILES string of the molecule is Cc1cc(Br)ccc1NC(=O)c1ccc(-c2ccc(F)c(Cl)c2)o1. The van der Waals surface area contributed by atoms with Gasteiger partial charge in [-0.05, 0) is 61.0 Å². The van der Waals surface area contributed by atoms with E-state index in [0.29, 0.717) is 17.0 Å². The van der Waals surface area contributed by atoms with Gasteiger partial charge in [0.15, 0.2) is 5.76 Å². The lowest BCUT2D eigenvalue weighted by atomic mass is 10.2. The van der Waals surface area contributed by atoms with Crippen molar-refractivity contribution in [2.24, 2.45) is 0 Å². The second-order valence-electron chi connectivity index (χ2n) is 5.21. The highest BCUT2D eigenvalue weighted by Gasteiger charge is 2.14. The number of carbonyl (C=O) groups is 1. The fourth-order valence-corrected chi connectivity index (χ4v) is 2.87. The lowest BCUT2D eigenvalue weighted by Gasteiger charge is -2.07. The predicted molar refractivity (Wildman–Crippen MR) is 95.9 cm³/mol. The summed E-state index contributed by atoms with van der Waals surface area (Å²) in [6.45, 7) is 1.90. The molecular formula is C18H12BrClFNO2. The molecule has 0 aliphatic heterocycles. The van der Waals surface area contributed by atoms with Gasteiger partial charge in [-0.3, -0.25) is 4.79 Å². The third-order valence-electron chi connectivity index (χ3n) is 3.47. The average Bonchev–Trinajstić information content (AvgIpc) is 3.03. The summed E-state index contributed by atoms with van der Waals surface area (Å²) in [5.74, 6) is -0.266. The Labute approximate surface area is 151 Å². The van der Waals surface area contributed by atoms with Crippen molar-refractivity contribution in [2.45, 2.75) is 6.92 Å². The van der Waals surface area contributed by atoms with Crippen LogP contribution in [0.1, 0.15) is 16.1 Å². The Balaban J connectivity index is 1.82. The molecule has 0 aliphatic rings. The maximum atomic E-state index is 13.2. The van der Waals surface area contributed by atoms with Crippen molar-refractivity contribution in [3.8, 4) is 11.3 Å². The molecule has 0 aliphatic carbocycles. The van der Waals surface area contributed by atoms with Gasteiger partial charge in [0.2, 0.25) is 0 Å². The van der Waals surface area contributed by atoms with Crippen LogP contribution in [-0.2, 0) is 0 Å². The summed E-state index contributed by atoms with van der Waals surface area (Å²) in [7, 11) is 0.